The fourth-order valence-electron chi connectivity index (χ4n) is 2.86. The van der Waals surface area contributed by atoms with Crippen LogP contribution in [0.15, 0.2) is 34.7 Å². The van der Waals surface area contributed by atoms with Crippen molar-refractivity contribution in [3.05, 3.63) is 36.2 Å². The summed E-state index contributed by atoms with van der Waals surface area (Å²) in [5.74, 6) is 1.85. The van der Waals surface area contributed by atoms with E-state index in [2.05, 4.69) is 22.0 Å². The molecule has 2 aromatic rings. The summed E-state index contributed by atoms with van der Waals surface area (Å²) >= 11 is 0. The second-order valence-electron chi connectivity index (χ2n) is 5.82. The third-order valence-electron chi connectivity index (χ3n) is 4.27. The van der Waals surface area contributed by atoms with E-state index in [1.807, 2.05) is 30.3 Å². The number of hydrogen-bond acceptors (Lipinski definition) is 5. The zero-order valence-electron chi connectivity index (χ0n) is 12.4. The number of likely N-dealkylation sites (tertiary alicyclic amines) is 1. The Balaban J connectivity index is 1.69. The van der Waals surface area contributed by atoms with Crippen molar-refractivity contribution >= 4 is 0 Å². The van der Waals surface area contributed by atoms with Crippen molar-refractivity contribution in [2.45, 2.75) is 32.4 Å². The molecule has 0 radical (unpaired) electrons. The van der Waals surface area contributed by atoms with E-state index >= 15 is 0 Å². The van der Waals surface area contributed by atoms with Crippen LogP contribution in [0.1, 0.15) is 25.7 Å². The second-order valence-corrected chi connectivity index (χ2v) is 5.82. The topological polar surface area (TPSA) is 68.2 Å². The number of nitrogens with zero attached hydrogens (tertiary/aromatic N) is 3. The highest BCUT2D eigenvalue weighted by atomic mass is 16.4. The van der Waals surface area contributed by atoms with Crippen LogP contribution in [0.3, 0.4) is 0 Å². The van der Waals surface area contributed by atoms with Crippen molar-refractivity contribution in [2.24, 2.45) is 11.7 Å². The predicted octanol–water partition coefficient (Wildman–Crippen LogP) is 2.30. The van der Waals surface area contributed by atoms with Gasteiger partial charge >= 0.3 is 0 Å². The quantitative estimate of drug-likeness (QED) is 0.934. The molecular formula is C16H22N4O. The summed E-state index contributed by atoms with van der Waals surface area (Å²) in [5.41, 5.74) is 6.77. The maximum absolute atomic E-state index is 5.81. The van der Waals surface area contributed by atoms with Crippen LogP contribution < -0.4 is 5.73 Å². The van der Waals surface area contributed by atoms with E-state index in [0.717, 1.165) is 18.7 Å². The van der Waals surface area contributed by atoms with Crippen molar-refractivity contribution in [3.63, 3.8) is 0 Å². The molecule has 2 heterocycles. The number of aromatic nitrogens is 2. The second kappa shape index (κ2) is 6.37. The standard InChI is InChI=1S/C16H22N4O/c1-12-7-8-13(9-17)10-20(12)11-15-18-19-16(21-15)14-5-3-2-4-6-14/h2-6,12-13H,7-11,17H2,1H3. The fraction of sp³-hybridized carbons (Fsp3) is 0.500. The first-order valence-electron chi connectivity index (χ1n) is 7.58. The summed E-state index contributed by atoms with van der Waals surface area (Å²) in [4.78, 5) is 2.39. The van der Waals surface area contributed by atoms with E-state index in [-0.39, 0.29) is 0 Å². The Morgan fingerprint density at radius 2 is 2.05 bits per heavy atom. The molecule has 5 nitrogen and oxygen atoms in total. The molecule has 0 saturated carbocycles. The highest BCUT2D eigenvalue weighted by Gasteiger charge is 2.26. The van der Waals surface area contributed by atoms with Gasteiger partial charge in [-0.1, -0.05) is 18.2 Å². The van der Waals surface area contributed by atoms with Gasteiger partial charge in [0.1, 0.15) is 0 Å². The minimum atomic E-state index is 0.542. The van der Waals surface area contributed by atoms with Crippen LogP contribution in [0.4, 0.5) is 0 Å². The minimum absolute atomic E-state index is 0.542. The van der Waals surface area contributed by atoms with Gasteiger partial charge in [-0.25, -0.2) is 0 Å². The Kier molecular flexibility index (Phi) is 4.31. The maximum atomic E-state index is 5.81. The van der Waals surface area contributed by atoms with Crippen LogP contribution >= 0.6 is 0 Å². The number of nitrogens with two attached hydrogens (primary N) is 1. The molecule has 2 atom stereocenters. The smallest absolute Gasteiger partial charge is 0.247 e. The molecule has 112 valence electrons. The monoisotopic (exact) mass is 286 g/mol. The lowest BCUT2D eigenvalue weighted by Gasteiger charge is -2.36. The van der Waals surface area contributed by atoms with Crippen LogP contribution in [0, 0.1) is 5.92 Å². The molecule has 5 heteroatoms. The Morgan fingerprint density at radius 3 is 2.81 bits per heavy atom. The molecule has 3 rings (SSSR count). The lowest BCUT2D eigenvalue weighted by Crippen LogP contribution is -2.43. The van der Waals surface area contributed by atoms with E-state index in [4.69, 9.17) is 10.2 Å². The number of benzene rings is 1. The normalized spacial score (nSPS) is 23.3. The number of piperidine rings is 1. The molecule has 1 saturated heterocycles. The molecule has 1 aliphatic heterocycles. The van der Waals surface area contributed by atoms with Gasteiger partial charge < -0.3 is 10.2 Å². The first-order valence-corrected chi connectivity index (χ1v) is 7.58. The average molecular weight is 286 g/mol. The van der Waals surface area contributed by atoms with Gasteiger partial charge in [-0.3, -0.25) is 4.90 Å². The molecule has 0 amide bonds. The summed E-state index contributed by atoms with van der Waals surface area (Å²) in [5, 5.41) is 8.33. The lowest BCUT2D eigenvalue weighted by atomic mass is 9.93. The maximum Gasteiger partial charge on any atom is 0.247 e. The molecule has 1 aromatic carbocycles. The molecule has 1 fully saturated rings. The molecule has 0 bridgehead atoms. The molecule has 1 aromatic heterocycles. The minimum Gasteiger partial charge on any atom is -0.419 e. The largest absolute Gasteiger partial charge is 0.419 e. The zero-order chi connectivity index (χ0) is 14.7. The SMILES string of the molecule is CC1CCC(CN)CN1Cc1nnc(-c2ccccc2)o1. The van der Waals surface area contributed by atoms with Crippen LogP contribution in [-0.2, 0) is 6.54 Å². The fourth-order valence-corrected chi connectivity index (χ4v) is 2.86. The molecule has 2 N–H and O–H groups in total. The van der Waals surface area contributed by atoms with Gasteiger partial charge in [-0.15, -0.1) is 10.2 Å². The Hall–Kier alpha value is -1.72. The van der Waals surface area contributed by atoms with Gasteiger partial charge in [0, 0.05) is 18.2 Å². The van der Waals surface area contributed by atoms with Gasteiger partial charge in [0.25, 0.3) is 0 Å². The van der Waals surface area contributed by atoms with Gasteiger partial charge in [0.05, 0.1) is 6.54 Å². The van der Waals surface area contributed by atoms with Crippen molar-refractivity contribution in [1.82, 2.24) is 15.1 Å². The third-order valence-corrected chi connectivity index (χ3v) is 4.27. The zero-order valence-corrected chi connectivity index (χ0v) is 12.4. The first-order chi connectivity index (χ1) is 10.3. The summed E-state index contributed by atoms with van der Waals surface area (Å²) in [7, 11) is 0. The first kappa shape index (κ1) is 14.2. The van der Waals surface area contributed by atoms with Crippen LogP contribution in [-0.4, -0.2) is 34.2 Å². The van der Waals surface area contributed by atoms with Crippen LogP contribution in [0.2, 0.25) is 0 Å². The Morgan fingerprint density at radius 1 is 1.24 bits per heavy atom. The Labute approximate surface area is 125 Å². The molecule has 0 aliphatic carbocycles. The molecule has 1 aliphatic rings. The molecule has 0 spiro atoms. The lowest BCUT2D eigenvalue weighted by molar-refractivity contribution is 0.103. The highest BCUT2D eigenvalue weighted by molar-refractivity contribution is 5.51. The molecule has 21 heavy (non-hydrogen) atoms. The van der Waals surface area contributed by atoms with Crippen LogP contribution in [0.25, 0.3) is 11.5 Å². The van der Waals surface area contributed by atoms with E-state index in [0.29, 0.717) is 30.3 Å². The van der Waals surface area contributed by atoms with E-state index in [9.17, 15) is 0 Å². The van der Waals surface area contributed by atoms with E-state index in [1.54, 1.807) is 0 Å². The van der Waals surface area contributed by atoms with Gasteiger partial charge in [-0.05, 0) is 44.4 Å². The number of rotatable bonds is 4. The molecule has 2 unspecified atom stereocenters. The van der Waals surface area contributed by atoms with Crippen molar-refractivity contribution in [3.8, 4) is 11.5 Å². The summed E-state index contributed by atoms with van der Waals surface area (Å²) < 4.78 is 5.79. The van der Waals surface area contributed by atoms with E-state index < -0.39 is 0 Å². The highest BCUT2D eigenvalue weighted by Crippen LogP contribution is 2.24. The van der Waals surface area contributed by atoms with Crippen LogP contribution in [0.5, 0.6) is 0 Å². The van der Waals surface area contributed by atoms with Gasteiger partial charge in [0.15, 0.2) is 0 Å². The molecular weight excluding hydrogens is 264 g/mol. The third kappa shape index (κ3) is 3.31. The van der Waals surface area contributed by atoms with E-state index in [1.165, 1.54) is 12.8 Å². The van der Waals surface area contributed by atoms with Crippen molar-refractivity contribution < 1.29 is 4.42 Å². The summed E-state index contributed by atoms with van der Waals surface area (Å²) in [6, 6.07) is 10.4. The number of hydrogen-bond donors (Lipinski definition) is 1. The summed E-state index contributed by atoms with van der Waals surface area (Å²) in [6.07, 6.45) is 2.40. The van der Waals surface area contributed by atoms with Gasteiger partial charge in [0.2, 0.25) is 11.8 Å². The van der Waals surface area contributed by atoms with Crippen molar-refractivity contribution in [1.29, 1.82) is 0 Å². The Bertz CT molecular complexity index is 569. The summed E-state index contributed by atoms with van der Waals surface area (Å²) in [6.45, 7) is 4.72. The van der Waals surface area contributed by atoms with Gasteiger partial charge in [-0.2, -0.15) is 0 Å². The average Bonchev–Trinajstić information content (AvgIpc) is 2.99. The van der Waals surface area contributed by atoms with Crippen molar-refractivity contribution in [2.75, 3.05) is 13.1 Å². The predicted molar refractivity (Wildman–Crippen MR) is 81.4 cm³/mol.